The van der Waals surface area contributed by atoms with Crippen molar-refractivity contribution in [1.82, 2.24) is 9.36 Å². The van der Waals surface area contributed by atoms with Gasteiger partial charge in [0.1, 0.15) is 11.9 Å². The molecule has 1 aliphatic rings. The first-order chi connectivity index (χ1) is 8.39. The third-order valence-electron chi connectivity index (χ3n) is 2.75. The Labute approximate surface area is 115 Å². The molecule has 1 aromatic heterocycles. The summed E-state index contributed by atoms with van der Waals surface area (Å²) in [4.78, 5) is 17.6. The van der Waals surface area contributed by atoms with Gasteiger partial charge < -0.3 is 10.0 Å². The number of nitrogens with zero attached hydrogens (tertiary/aromatic N) is 3. The van der Waals surface area contributed by atoms with Gasteiger partial charge in [-0.25, -0.2) is 9.78 Å². The van der Waals surface area contributed by atoms with Gasteiger partial charge in [-0.05, 0) is 0 Å². The Bertz CT molecular complexity index is 442. The zero-order valence-electron chi connectivity index (χ0n) is 10.7. The third-order valence-corrected chi connectivity index (χ3v) is 4.52. The molecule has 18 heavy (non-hydrogen) atoms. The number of carboxylic acid groups (broad SMARTS) is 1. The second-order valence-electron chi connectivity index (χ2n) is 5.27. The predicted molar refractivity (Wildman–Crippen MR) is 74.7 cm³/mol. The molecule has 1 fully saturated rings. The van der Waals surface area contributed by atoms with E-state index in [9.17, 15) is 9.90 Å². The predicted octanol–water partition coefficient (Wildman–Crippen LogP) is 1.84. The van der Waals surface area contributed by atoms with Crippen molar-refractivity contribution in [1.29, 1.82) is 0 Å². The maximum Gasteiger partial charge on any atom is 0.327 e. The summed E-state index contributed by atoms with van der Waals surface area (Å²) in [5.41, 5.74) is -0.0992. The van der Waals surface area contributed by atoms with Crippen molar-refractivity contribution in [2.24, 2.45) is 0 Å². The number of thioether (sulfide) groups is 1. The molecule has 5 nitrogen and oxygen atoms in total. The van der Waals surface area contributed by atoms with Gasteiger partial charge in [0, 0.05) is 35.0 Å². The highest BCUT2D eigenvalue weighted by molar-refractivity contribution is 7.99. The Morgan fingerprint density at radius 1 is 1.50 bits per heavy atom. The van der Waals surface area contributed by atoms with Gasteiger partial charge in [-0.15, -0.1) is 0 Å². The molecule has 1 atom stereocenters. The van der Waals surface area contributed by atoms with Gasteiger partial charge in [0.05, 0.1) is 0 Å². The molecule has 100 valence electrons. The summed E-state index contributed by atoms with van der Waals surface area (Å²) in [5, 5.41) is 9.97. The Hall–Kier alpha value is -0.820. The minimum Gasteiger partial charge on any atom is -0.480 e. The van der Waals surface area contributed by atoms with Crippen LogP contribution in [0, 0.1) is 0 Å². The fraction of sp³-hybridized carbons (Fsp3) is 0.727. The molecule has 1 unspecified atom stereocenters. The first kappa shape index (κ1) is 13.6. The van der Waals surface area contributed by atoms with E-state index < -0.39 is 12.0 Å². The van der Waals surface area contributed by atoms with Crippen molar-refractivity contribution in [3.05, 3.63) is 5.82 Å². The number of hydrogen-bond donors (Lipinski definition) is 1. The molecule has 2 rings (SSSR count). The quantitative estimate of drug-likeness (QED) is 0.895. The minimum absolute atomic E-state index is 0.0992. The largest absolute Gasteiger partial charge is 0.480 e. The van der Waals surface area contributed by atoms with Crippen molar-refractivity contribution in [2.45, 2.75) is 32.2 Å². The zero-order valence-corrected chi connectivity index (χ0v) is 12.3. The Morgan fingerprint density at radius 3 is 2.78 bits per heavy atom. The Kier molecular flexibility index (Phi) is 3.82. The number of aromatic nitrogens is 2. The zero-order chi connectivity index (χ0) is 13.3. The summed E-state index contributed by atoms with van der Waals surface area (Å²) in [6, 6.07) is -0.482. The van der Waals surface area contributed by atoms with Crippen LogP contribution in [0.2, 0.25) is 0 Å². The van der Waals surface area contributed by atoms with Crippen LogP contribution in [0.25, 0.3) is 0 Å². The van der Waals surface area contributed by atoms with E-state index in [1.54, 1.807) is 11.8 Å². The normalized spacial score (nSPS) is 21.1. The van der Waals surface area contributed by atoms with Crippen LogP contribution >= 0.6 is 23.3 Å². The van der Waals surface area contributed by atoms with Gasteiger partial charge in [0.15, 0.2) is 0 Å². The number of carboxylic acids is 1. The van der Waals surface area contributed by atoms with E-state index in [-0.39, 0.29) is 5.41 Å². The van der Waals surface area contributed by atoms with Gasteiger partial charge in [-0.3, -0.25) is 0 Å². The molecule has 0 aromatic carbocycles. The van der Waals surface area contributed by atoms with Gasteiger partial charge in [-0.1, -0.05) is 20.8 Å². The third kappa shape index (κ3) is 2.77. The molecule has 1 aliphatic heterocycles. The SMILES string of the molecule is CC(C)(C)c1nsc(N2CCSCC2C(=O)O)n1. The lowest BCUT2D eigenvalue weighted by molar-refractivity contribution is -0.138. The summed E-state index contributed by atoms with van der Waals surface area (Å²) in [5.74, 6) is 1.55. The second kappa shape index (κ2) is 5.05. The van der Waals surface area contributed by atoms with E-state index in [1.807, 2.05) is 4.90 Å². The molecule has 7 heteroatoms. The molecule has 0 aliphatic carbocycles. The first-order valence-electron chi connectivity index (χ1n) is 5.81. The van der Waals surface area contributed by atoms with Gasteiger partial charge in [-0.2, -0.15) is 16.1 Å². The fourth-order valence-corrected chi connectivity index (χ4v) is 3.65. The molecule has 2 heterocycles. The van der Waals surface area contributed by atoms with E-state index in [2.05, 4.69) is 30.1 Å². The Balaban J connectivity index is 2.24. The molecular formula is C11H17N3O2S2. The summed E-state index contributed by atoms with van der Waals surface area (Å²) in [6.45, 7) is 6.89. The van der Waals surface area contributed by atoms with Crippen LogP contribution in [0.4, 0.5) is 5.13 Å². The molecule has 0 bridgehead atoms. The van der Waals surface area contributed by atoms with Gasteiger partial charge in [0.2, 0.25) is 5.13 Å². The van der Waals surface area contributed by atoms with Crippen molar-refractivity contribution in [3.63, 3.8) is 0 Å². The average molecular weight is 287 g/mol. The highest BCUT2D eigenvalue weighted by Gasteiger charge is 2.32. The van der Waals surface area contributed by atoms with Gasteiger partial charge >= 0.3 is 5.97 Å². The van der Waals surface area contributed by atoms with Crippen LogP contribution in [0.3, 0.4) is 0 Å². The highest BCUT2D eigenvalue weighted by atomic mass is 32.2. The lowest BCUT2D eigenvalue weighted by atomic mass is 9.96. The van der Waals surface area contributed by atoms with Crippen LogP contribution in [-0.2, 0) is 10.2 Å². The van der Waals surface area contributed by atoms with E-state index >= 15 is 0 Å². The summed E-state index contributed by atoms with van der Waals surface area (Å²) >= 11 is 2.97. The molecule has 1 N–H and O–H groups in total. The van der Waals surface area contributed by atoms with Crippen LogP contribution < -0.4 is 4.90 Å². The first-order valence-corrected chi connectivity index (χ1v) is 7.74. The minimum atomic E-state index is -0.783. The number of anilines is 1. The fourth-order valence-electron chi connectivity index (χ4n) is 1.67. The summed E-state index contributed by atoms with van der Waals surface area (Å²) in [6.07, 6.45) is 0. The molecular weight excluding hydrogens is 270 g/mol. The van der Waals surface area contributed by atoms with Crippen LogP contribution in [0.15, 0.2) is 0 Å². The monoisotopic (exact) mass is 287 g/mol. The van der Waals surface area contributed by atoms with Crippen molar-refractivity contribution < 1.29 is 9.90 Å². The lowest BCUT2D eigenvalue weighted by Crippen LogP contribution is -2.47. The summed E-state index contributed by atoms with van der Waals surface area (Å²) < 4.78 is 4.35. The van der Waals surface area contributed by atoms with Crippen LogP contribution in [0.5, 0.6) is 0 Å². The topological polar surface area (TPSA) is 66.3 Å². The maximum absolute atomic E-state index is 11.2. The average Bonchev–Trinajstić information content (AvgIpc) is 2.77. The summed E-state index contributed by atoms with van der Waals surface area (Å²) in [7, 11) is 0. The standard InChI is InChI=1S/C11H17N3O2S2/c1-11(2,3)9-12-10(18-13-9)14-4-5-17-6-7(14)8(15)16/h7H,4-6H2,1-3H3,(H,15,16). The van der Waals surface area contributed by atoms with E-state index in [4.69, 9.17) is 0 Å². The van der Waals surface area contributed by atoms with Gasteiger partial charge in [0.25, 0.3) is 0 Å². The van der Waals surface area contributed by atoms with Crippen LogP contribution in [-0.4, -0.2) is 44.5 Å². The molecule has 0 saturated carbocycles. The molecule has 0 spiro atoms. The highest BCUT2D eigenvalue weighted by Crippen LogP contribution is 2.29. The van der Waals surface area contributed by atoms with Crippen molar-refractivity contribution in [2.75, 3.05) is 23.0 Å². The van der Waals surface area contributed by atoms with Crippen LogP contribution in [0.1, 0.15) is 26.6 Å². The molecule has 1 saturated heterocycles. The molecule has 0 radical (unpaired) electrons. The molecule has 0 amide bonds. The van der Waals surface area contributed by atoms with Crippen molar-refractivity contribution >= 4 is 34.4 Å². The van der Waals surface area contributed by atoms with E-state index in [1.165, 1.54) is 11.5 Å². The lowest BCUT2D eigenvalue weighted by Gasteiger charge is -2.31. The maximum atomic E-state index is 11.2. The number of carbonyl (C=O) groups is 1. The smallest absolute Gasteiger partial charge is 0.327 e. The Morgan fingerprint density at radius 2 is 2.22 bits per heavy atom. The number of aliphatic carboxylic acids is 1. The molecule has 1 aromatic rings. The number of hydrogen-bond acceptors (Lipinski definition) is 6. The van der Waals surface area contributed by atoms with E-state index in [0.29, 0.717) is 5.75 Å². The number of rotatable bonds is 2. The van der Waals surface area contributed by atoms with Crippen molar-refractivity contribution in [3.8, 4) is 0 Å². The van der Waals surface area contributed by atoms with E-state index in [0.717, 1.165) is 23.3 Å². The second-order valence-corrected chi connectivity index (χ2v) is 7.15.